The third-order valence-corrected chi connectivity index (χ3v) is 6.61. The fourth-order valence-electron chi connectivity index (χ4n) is 4.01. The van der Waals surface area contributed by atoms with Gasteiger partial charge in [0.05, 0.1) is 23.4 Å². The number of carbonyl (C=O) groups excluding carboxylic acids is 2. The topological polar surface area (TPSA) is 88.2 Å². The highest BCUT2D eigenvalue weighted by atomic mass is 32.2. The van der Waals surface area contributed by atoms with Crippen LogP contribution in [0.15, 0.2) is 40.1 Å². The Balaban J connectivity index is 1.49. The first-order valence-corrected chi connectivity index (χ1v) is 11.5. The van der Waals surface area contributed by atoms with E-state index in [1.54, 1.807) is 28.8 Å². The summed E-state index contributed by atoms with van der Waals surface area (Å²) in [4.78, 5) is 39.3. The molecule has 31 heavy (non-hydrogen) atoms. The van der Waals surface area contributed by atoms with Crippen LogP contribution in [0.1, 0.15) is 46.3 Å². The number of carbonyl (C=O) groups is 2. The van der Waals surface area contributed by atoms with E-state index in [2.05, 4.69) is 5.16 Å². The molecule has 0 atom stereocenters. The zero-order valence-electron chi connectivity index (χ0n) is 17.7. The Morgan fingerprint density at radius 2 is 2.00 bits per heavy atom. The molecule has 2 aliphatic heterocycles. The lowest BCUT2D eigenvalue weighted by Gasteiger charge is -2.32. The number of hydrogen-bond acceptors (Lipinski definition) is 7. The van der Waals surface area contributed by atoms with Crippen LogP contribution in [-0.2, 0) is 9.63 Å². The number of nitrogens with zero attached hydrogens (tertiary/aromatic N) is 4. The van der Waals surface area contributed by atoms with Gasteiger partial charge in [-0.1, -0.05) is 5.16 Å². The number of piperidine rings is 1. The van der Waals surface area contributed by atoms with Crippen LogP contribution in [0.2, 0.25) is 0 Å². The zero-order chi connectivity index (χ0) is 21.8. The molecule has 2 aliphatic rings. The van der Waals surface area contributed by atoms with Gasteiger partial charge >= 0.3 is 0 Å². The molecule has 0 unspecified atom stereocenters. The Labute approximate surface area is 185 Å². The van der Waals surface area contributed by atoms with Gasteiger partial charge in [-0.3, -0.25) is 14.6 Å². The largest absolute Gasteiger partial charge is 0.462 e. The molecule has 2 saturated heterocycles. The minimum Gasteiger partial charge on any atom is -0.462 e. The second kappa shape index (κ2) is 9.55. The monoisotopic (exact) mass is 442 g/mol. The van der Waals surface area contributed by atoms with E-state index in [1.165, 1.54) is 13.4 Å². The lowest BCUT2D eigenvalue weighted by molar-refractivity contribution is -0.125. The van der Waals surface area contributed by atoms with Gasteiger partial charge in [-0.15, -0.1) is 11.8 Å². The molecule has 0 aliphatic carbocycles. The van der Waals surface area contributed by atoms with E-state index >= 15 is 0 Å². The van der Waals surface area contributed by atoms with E-state index in [0.29, 0.717) is 24.4 Å². The van der Waals surface area contributed by atoms with E-state index in [1.807, 2.05) is 24.0 Å². The standard InChI is InChI=1S/C22H26N4O4S/c1-15-5-6-17(21(27)26-11-13-31-14-26)19(23-15)16-7-9-25(10-8-16)22(28)20(24-29-2)18-4-3-12-30-18/h3-6,12,16H,7-11,13-14H2,1-2H3/b24-20+. The fourth-order valence-corrected chi connectivity index (χ4v) is 4.96. The molecule has 2 aromatic rings. The molecular weight excluding hydrogens is 416 g/mol. The zero-order valence-corrected chi connectivity index (χ0v) is 18.6. The highest BCUT2D eigenvalue weighted by molar-refractivity contribution is 7.99. The third kappa shape index (κ3) is 4.61. The van der Waals surface area contributed by atoms with Crippen molar-refractivity contribution in [3.8, 4) is 0 Å². The van der Waals surface area contributed by atoms with Gasteiger partial charge in [0.1, 0.15) is 7.11 Å². The molecular formula is C22H26N4O4S. The highest BCUT2D eigenvalue weighted by Crippen LogP contribution is 2.31. The van der Waals surface area contributed by atoms with Crippen molar-refractivity contribution in [1.29, 1.82) is 0 Å². The molecule has 4 rings (SSSR count). The number of aromatic nitrogens is 1. The fraction of sp³-hybridized carbons (Fsp3) is 0.455. The molecule has 9 heteroatoms. The Bertz CT molecular complexity index is 962. The first-order valence-electron chi connectivity index (χ1n) is 10.4. The van der Waals surface area contributed by atoms with E-state index in [9.17, 15) is 9.59 Å². The van der Waals surface area contributed by atoms with Crippen LogP contribution in [0.4, 0.5) is 0 Å². The van der Waals surface area contributed by atoms with Crippen molar-refractivity contribution in [2.75, 3.05) is 38.4 Å². The van der Waals surface area contributed by atoms with Crippen molar-refractivity contribution in [3.05, 3.63) is 53.2 Å². The summed E-state index contributed by atoms with van der Waals surface area (Å²) >= 11 is 1.77. The molecule has 164 valence electrons. The van der Waals surface area contributed by atoms with Crippen LogP contribution in [0.3, 0.4) is 0 Å². The van der Waals surface area contributed by atoms with Crippen LogP contribution in [-0.4, -0.2) is 70.7 Å². The summed E-state index contributed by atoms with van der Waals surface area (Å²) in [6.45, 7) is 3.82. The van der Waals surface area contributed by atoms with Gasteiger partial charge in [-0.05, 0) is 44.0 Å². The maximum atomic E-state index is 13.1. The van der Waals surface area contributed by atoms with Crippen molar-refractivity contribution in [1.82, 2.24) is 14.8 Å². The van der Waals surface area contributed by atoms with Crippen LogP contribution in [0, 0.1) is 6.92 Å². The SMILES string of the molecule is CO/N=C(/C(=O)N1CCC(c2nc(C)ccc2C(=O)N2CCSC2)CC1)c1ccco1. The molecule has 2 aromatic heterocycles. The van der Waals surface area contributed by atoms with Gasteiger partial charge in [-0.25, -0.2) is 0 Å². The summed E-state index contributed by atoms with van der Waals surface area (Å²) in [6, 6.07) is 7.20. The molecule has 0 N–H and O–H groups in total. The van der Waals surface area contributed by atoms with Gasteiger partial charge < -0.3 is 19.1 Å². The number of oxime groups is 1. The molecule has 0 radical (unpaired) electrons. The van der Waals surface area contributed by atoms with Gasteiger partial charge in [0.2, 0.25) is 5.71 Å². The Kier molecular flexibility index (Phi) is 6.60. The second-order valence-corrected chi connectivity index (χ2v) is 8.73. The van der Waals surface area contributed by atoms with Crippen molar-refractivity contribution < 1.29 is 18.8 Å². The highest BCUT2D eigenvalue weighted by Gasteiger charge is 2.32. The molecule has 8 nitrogen and oxygen atoms in total. The number of hydrogen-bond donors (Lipinski definition) is 0. The average Bonchev–Trinajstić information content (AvgIpc) is 3.51. The first-order chi connectivity index (χ1) is 15.1. The van der Waals surface area contributed by atoms with Crippen LogP contribution < -0.4 is 0 Å². The predicted molar refractivity (Wildman–Crippen MR) is 118 cm³/mol. The van der Waals surface area contributed by atoms with E-state index < -0.39 is 0 Å². The van der Waals surface area contributed by atoms with Crippen LogP contribution in [0.5, 0.6) is 0 Å². The van der Waals surface area contributed by atoms with Crippen molar-refractivity contribution >= 4 is 29.3 Å². The summed E-state index contributed by atoms with van der Waals surface area (Å²) < 4.78 is 5.34. The number of pyridine rings is 1. The quantitative estimate of drug-likeness (QED) is 0.523. The van der Waals surface area contributed by atoms with E-state index in [4.69, 9.17) is 14.2 Å². The minimum atomic E-state index is -0.224. The maximum absolute atomic E-state index is 13.1. The normalized spacial score (nSPS) is 17.8. The summed E-state index contributed by atoms with van der Waals surface area (Å²) in [7, 11) is 1.41. The van der Waals surface area contributed by atoms with Crippen molar-refractivity contribution in [2.45, 2.75) is 25.7 Å². The Morgan fingerprint density at radius 1 is 1.19 bits per heavy atom. The number of likely N-dealkylation sites (tertiary alicyclic amines) is 1. The average molecular weight is 443 g/mol. The van der Waals surface area contributed by atoms with Crippen LogP contribution >= 0.6 is 11.8 Å². The number of furan rings is 1. The van der Waals surface area contributed by atoms with Gasteiger partial charge in [0.15, 0.2) is 5.76 Å². The van der Waals surface area contributed by atoms with Gasteiger partial charge in [0.25, 0.3) is 11.8 Å². The molecule has 0 saturated carbocycles. The van der Waals surface area contributed by atoms with E-state index in [-0.39, 0.29) is 23.4 Å². The summed E-state index contributed by atoms with van der Waals surface area (Å²) in [5.41, 5.74) is 2.59. The lowest BCUT2D eigenvalue weighted by Crippen LogP contribution is -2.42. The number of rotatable bonds is 5. The molecule has 0 bridgehead atoms. The Hall–Kier alpha value is -2.81. The molecule has 2 fully saturated rings. The number of amides is 2. The van der Waals surface area contributed by atoms with Gasteiger partial charge in [-0.2, -0.15) is 0 Å². The first kappa shape index (κ1) is 21.4. The second-order valence-electron chi connectivity index (χ2n) is 7.66. The van der Waals surface area contributed by atoms with Crippen LogP contribution in [0.25, 0.3) is 0 Å². The number of thioether (sulfide) groups is 1. The predicted octanol–water partition coefficient (Wildman–Crippen LogP) is 2.89. The molecule has 0 aromatic carbocycles. The molecule has 2 amide bonds. The summed E-state index contributed by atoms with van der Waals surface area (Å²) in [6.07, 6.45) is 2.96. The van der Waals surface area contributed by atoms with E-state index in [0.717, 1.165) is 42.4 Å². The Morgan fingerprint density at radius 3 is 2.65 bits per heavy atom. The van der Waals surface area contributed by atoms with Gasteiger partial charge in [0, 0.05) is 37.0 Å². The maximum Gasteiger partial charge on any atom is 0.279 e. The third-order valence-electron chi connectivity index (χ3n) is 5.64. The molecule has 4 heterocycles. The molecule has 0 spiro atoms. The summed E-state index contributed by atoms with van der Waals surface area (Å²) in [5, 5.41) is 3.88. The summed E-state index contributed by atoms with van der Waals surface area (Å²) in [5.74, 6) is 2.04. The smallest absolute Gasteiger partial charge is 0.279 e. The minimum absolute atomic E-state index is 0.0540. The van der Waals surface area contributed by atoms with Crippen molar-refractivity contribution in [2.24, 2.45) is 5.16 Å². The number of aryl methyl sites for hydroxylation is 1. The van der Waals surface area contributed by atoms with Crippen molar-refractivity contribution in [3.63, 3.8) is 0 Å². The lowest BCUT2D eigenvalue weighted by atomic mass is 9.89.